The van der Waals surface area contributed by atoms with E-state index in [1.807, 2.05) is 18.2 Å². The molecule has 1 aromatic heterocycles. The van der Waals surface area contributed by atoms with Crippen LogP contribution in [-0.4, -0.2) is 23.3 Å². The zero-order valence-electron chi connectivity index (χ0n) is 10.6. The van der Waals surface area contributed by atoms with Crippen molar-refractivity contribution in [2.24, 2.45) is 0 Å². The first kappa shape index (κ1) is 15.4. The van der Waals surface area contributed by atoms with Crippen molar-refractivity contribution >= 4 is 27.6 Å². The summed E-state index contributed by atoms with van der Waals surface area (Å²) in [5, 5.41) is 1.01. The Morgan fingerprint density at radius 3 is 3.00 bits per heavy atom. The van der Waals surface area contributed by atoms with Crippen molar-refractivity contribution < 1.29 is 9.53 Å². The molecule has 0 fully saturated rings. The van der Waals surface area contributed by atoms with E-state index in [4.69, 9.17) is 4.74 Å². The number of pyridine rings is 1. The summed E-state index contributed by atoms with van der Waals surface area (Å²) in [4.78, 5) is 15.5. The molecule has 0 aliphatic carbocycles. The lowest BCUT2D eigenvalue weighted by atomic mass is 10.3. The largest absolute Gasteiger partial charge is 0.466 e. The first-order valence-electron chi connectivity index (χ1n) is 6.19. The van der Waals surface area contributed by atoms with Crippen molar-refractivity contribution in [2.45, 2.75) is 37.6 Å². The van der Waals surface area contributed by atoms with Crippen LogP contribution in [0.4, 0.5) is 0 Å². The zero-order valence-corrected chi connectivity index (χ0v) is 12.3. The molecule has 1 rings (SSSR count). The van der Waals surface area contributed by atoms with E-state index in [2.05, 4.69) is 11.9 Å². The Morgan fingerprint density at radius 2 is 2.28 bits per heavy atom. The fraction of sp³-hybridized carbons (Fsp3) is 0.538. The highest BCUT2D eigenvalue weighted by Gasteiger charge is 2.02. The molecule has 0 aliphatic rings. The van der Waals surface area contributed by atoms with Crippen molar-refractivity contribution in [2.75, 3.05) is 12.4 Å². The third-order valence-corrected chi connectivity index (χ3v) is 4.50. The predicted molar refractivity (Wildman–Crippen MR) is 77.7 cm³/mol. The second kappa shape index (κ2) is 10.3. The minimum Gasteiger partial charge on any atom is -0.466 e. The number of nitrogens with zero attached hydrogens (tertiary/aromatic N) is 1. The van der Waals surface area contributed by atoms with Gasteiger partial charge in [0.25, 0.3) is 0 Å². The van der Waals surface area contributed by atoms with Crippen LogP contribution < -0.4 is 0 Å². The molecule has 3 nitrogen and oxygen atoms in total. The fourth-order valence-electron chi connectivity index (χ4n) is 1.18. The summed E-state index contributed by atoms with van der Waals surface area (Å²) >= 11 is 0. The molecule has 0 N–H and O–H groups in total. The Kier molecular flexibility index (Phi) is 8.77. The van der Waals surface area contributed by atoms with Crippen LogP contribution in [0.2, 0.25) is 0 Å². The molecule has 0 unspecified atom stereocenters. The molecule has 0 bridgehead atoms. The van der Waals surface area contributed by atoms with Crippen LogP contribution in [0.25, 0.3) is 0 Å². The Morgan fingerprint density at radius 1 is 1.39 bits per heavy atom. The lowest BCUT2D eigenvalue weighted by Crippen LogP contribution is -2.05. The van der Waals surface area contributed by atoms with Crippen molar-refractivity contribution in [1.82, 2.24) is 4.98 Å². The van der Waals surface area contributed by atoms with Gasteiger partial charge in [-0.25, -0.2) is 4.98 Å². The third-order valence-electron chi connectivity index (χ3n) is 2.15. The molecule has 5 heteroatoms. The van der Waals surface area contributed by atoms with E-state index in [0.29, 0.717) is 13.0 Å². The van der Waals surface area contributed by atoms with Crippen LogP contribution >= 0.6 is 21.6 Å². The second-order valence-corrected chi connectivity index (χ2v) is 6.19. The van der Waals surface area contributed by atoms with Crippen LogP contribution in [-0.2, 0) is 9.53 Å². The molecule has 0 aliphatic heterocycles. The number of rotatable bonds is 9. The molecular formula is C13H19NO2S2. The summed E-state index contributed by atoms with van der Waals surface area (Å²) in [6.07, 6.45) is 5.17. The SMILES string of the molecule is CCCCOC(=O)CCCSSc1ccccn1. The van der Waals surface area contributed by atoms with Crippen LogP contribution in [0.1, 0.15) is 32.6 Å². The molecule has 0 saturated carbocycles. The average molecular weight is 285 g/mol. The molecule has 0 aromatic carbocycles. The molecule has 0 amide bonds. The summed E-state index contributed by atoms with van der Waals surface area (Å²) in [6, 6.07) is 5.86. The van der Waals surface area contributed by atoms with Gasteiger partial charge in [0.1, 0.15) is 5.03 Å². The van der Waals surface area contributed by atoms with Gasteiger partial charge in [-0.1, -0.05) is 30.2 Å². The Labute approximate surface area is 116 Å². The predicted octanol–water partition coefficient (Wildman–Crippen LogP) is 3.95. The van der Waals surface area contributed by atoms with Gasteiger partial charge in [0.15, 0.2) is 0 Å². The van der Waals surface area contributed by atoms with Crippen LogP contribution in [0.3, 0.4) is 0 Å². The summed E-state index contributed by atoms with van der Waals surface area (Å²) in [6.45, 7) is 2.64. The molecule has 18 heavy (non-hydrogen) atoms. The molecule has 0 spiro atoms. The molecule has 100 valence electrons. The molecule has 0 radical (unpaired) electrons. The molecule has 0 atom stereocenters. The minimum atomic E-state index is -0.0770. The highest BCUT2D eigenvalue weighted by Crippen LogP contribution is 2.29. The van der Waals surface area contributed by atoms with Gasteiger partial charge in [-0.3, -0.25) is 4.79 Å². The van der Waals surface area contributed by atoms with E-state index in [-0.39, 0.29) is 5.97 Å². The normalized spacial score (nSPS) is 10.3. The van der Waals surface area contributed by atoms with Gasteiger partial charge < -0.3 is 4.74 Å². The van der Waals surface area contributed by atoms with E-state index in [0.717, 1.165) is 30.0 Å². The third kappa shape index (κ3) is 7.61. The Bertz CT molecular complexity index is 333. The van der Waals surface area contributed by atoms with Gasteiger partial charge in [-0.15, -0.1) is 0 Å². The highest BCUT2D eigenvalue weighted by molar-refractivity contribution is 8.76. The highest BCUT2D eigenvalue weighted by atomic mass is 33.1. The number of carbonyl (C=O) groups excluding carboxylic acids is 1. The van der Waals surface area contributed by atoms with Crippen molar-refractivity contribution in [1.29, 1.82) is 0 Å². The van der Waals surface area contributed by atoms with Crippen LogP contribution in [0.15, 0.2) is 29.4 Å². The molecule has 1 aromatic rings. The maximum absolute atomic E-state index is 11.3. The monoisotopic (exact) mass is 285 g/mol. The number of hydrogen-bond acceptors (Lipinski definition) is 5. The maximum Gasteiger partial charge on any atom is 0.305 e. The maximum atomic E-state index is 11.3. The van der Waals surface area contributed by atoms with Crippen LogP contribution in [0, 0.1) is 0 Å². The Balaban J connectivity index is 1.97. The quantitative estimate of drug-likeness (QED) is 0.390. The summed E-state index contributed by atoms with van der Waals surface area (Å²) in [5.41, 5.74) is 0. The number of aromatic nitrogens is 1. The number of carbonyl (C=O) groups is 1. The smallest absolute Gasteiger partial charge is 0.305 e. The minimum absolute atomic E-state index is 0.0770. The van der Waals surface area contributed by atoms with Crippen LogP contribution in [0.5, 0.6) is 0 Å². The van der Waals surface area contributed by atoms with Gasteiger partial charge in [-0.05, 0) is 35.8 Å². The van der Waals surface area contributed by atoms with Crippen molar-refractivity contribution in [3.05, 3.63) is 24.4 Å². The van der Waals surface area contributed by atoms with Gasteiger partial charge in [0, 0.05) is 18.4 Å². The van der Waals surface area contributed by atoms with Gasteiger partial charge in [0.05, 0.1) is 6.61 Å². The standard InChI is InChI=1S/C13H19NO2S2/c1-2-3-10-16-13(15)8-6-11-17-18-12-7-4-5-9-14-12/h4-5,7,9H,2-3,6,8,10-11H2,1H3. The van der Waals surface area contributed by atoms with Gasteiger partial charge >= 0.3 is 5.97 Å². The number of ether oxygens (including phenoxy) is 1. The van der Waals surface area contributed by atoms with Gasteiger partial charge in [0.2, 0.25) is 0 Å². The first-order valence-corrected chi connectivity index (χ1v) is 8.51. The Hall–Kier alpha value is -0.680. The summed E-state index contributed by atoms with van der Waals surface area (Å²) in [7, 11) is 3.37. The fourth-order valence-corrected chi connectivity index (χ4v) is 3.14. The number of hydrogen-bond donors (Lipinski definition) is 0. The van der Waals surface area contributed by atoms with E-state index in [1.165, 1.54) is 0 Å². The van der Waals surface area contributed by atoms with E-state index >= 15 is 0 Å². The first-order chi connectivity index (χ1) is 8.83. The molecule has 0 saturated heterocycles. The van der Waals surface area contributed by atoms with E-state index in [9.17, 15) is 4.79 Å². The van der Waals surface area contributed by atoms with Crippen molar-refractivity contribution in [3.63, 3.8) is 0 Å². The van der Waals surface area contributed by atoms with Gasteiger partial charge in [-0.2, -0.15) is 0 Å². The number of unbranched alkanes of at least 4 members (excludes halogenated alkanes) is 1. The molecular weight excluding hydrogens is 266 g/mol. The van der Waals surface area contributed by atoms with E-state index in [1.54, 1.807) is 27.8 Å². The lowest BCUT2D eigenvalue weighted by molar-refractivity contribution is -0.143. The summed E-state index contributed by atoms with van der Waals surface area (Å²) in [5.74, 6) is 0.858. The lowest BCUT2D eigenvalue weighted by Gasteiger charge is -2.03. The summed E-state index contributed by atoms with van der Waals surface area (Å²) < 4.78 is 5.08. The topological polar surface area (TPSA) is 39.2 Å². The average Bonchev–Trinajstić information content (AvgIpc) is 2.40. The van der Waals surface area contributed by atoms with E-state index < -0.39 is 0 Å². The number of esters is 1. The zero-order chi connectivity index (χ0) is 13.1. The second-order valence-electron chi connectivity index (χ2n) is 3.75. The molecule has 1 heterocycles. The van der Waals surface area contributed by atoms with Crippen molar-refractivity contribution in [3.8, 4) is 0 Å².